The Hall–Kier alpha value is -3.68. The fourth-order valence-electron chi connectivity index (χ4n) is 3.49. The third kappa shape index (κ3) is 6.66. The summed E-state index contributed by atoms with van der Waals surface area (Å²) in [5.74, 6) is -2.06. The van der Waals surface area contributed by atoms with Crippen molar-refractivity contribution < 1.29 is 28.7 Å². The number of benzene rings is 2. The SMILES string of the molecule is CCc1ccc(N2C[C@@H](C(=O)OCC(=O)Nc3ccc(C(=O)OCC(C)C)cc3)CC2=O)cc1. The number of aryl methyl sites for hydroxylation is 1. The minimum absolute atomic E-state index is 0.0460. The van der Waals surface area contributed by atoms with Crippen LogP contribution in [0.15, 0.2) is 48.5 Å². The summed E-state index contributed by atoms with van der Waals surface area (Å²) in [6, 6.07) is 13.9. The van der Waals surface area contributed by atoms with Crippen LogP contribution in [0.2, 0.25) is 0 Å². The maximum absolute atomic E-state index is 12.4. The number of nitrogens with zero attached hydrogens (tertiary/aromatic N) is 1. The molecule has 34 heavy (non-hydrogen) atoms. The molecule has 1 fully saturated rings. The number of anilines is 2. The molecular formula is C26H30N2O6. The molecular weight excluding hydrogens is 436 g/mol. The molecule has 1 heterocycles. The van der Waals surface area contributed by atoms with Gasteiger partial charge in [0.15, 0.2) is 6.61 Å². The van der Waals surface area contributed by atoms with Gasteiger partial charge in [-0.05, 0) is 54.3 Å². The molecule has 3 rings (SSSR count). The van der Waals surface area contributed by atoms with Gasteiger partial charge in [0.05, 0.1) is 18.1 Å². The van der Waals surface area contributed by atoms with Crippen LogP contribution in [0.5, 0.6) is 0 Å². The fourth-order valence-corrected chi connectivity index (χ4v) is 3.49. The van der Waals surface area contributed by atoms with E-state index in [0.717, 1.165) is 17.7 Å². The number of esters is 2. The van der Waals surface area contributed by atoms with Crippen molar-refractivity contribution in [1.29, 1.82) is 0 Å². The lowest BCUT2D eigenvalue weighted by Gasteiger charge is -2.17. The molecule has 0 unspecified atom stereocenters. The van der Waals surface area contributed by atoms with Crippen molar-refractivity contribution in [2.75, 3.05) is 30.0 Å². The van der Waals surface area contributed by atoms with Crippen molar-refractivity contribution >= 4 is 35.1 Å². The van der Waals surface area contributed by atoms with Crippen molar-refractivity contribution in [2.45, 2.75) is 33.6 Å². The smallest absolute Gasteiger partial charge is 0.338 e. The topological polar surface area (TPSA) is 102 Å². The zero-order chi connectivity index (χ0) is 24.7. The number of carbonyl (C=O) groups is 4. The second-order valence-corrected chi connectivity index (χ2v) is 8.65. The van der Waals surface area contributed by atoms with Gasteiger partial charge < -0.3 is 19.7 Å². The van der Waals surface area contributed by atoms with Crippen LogP contribution in [-0.2, 0) is 30.3 Å². The largest absolute Gasteiger partial charge is 0.462 e. The van der Waals surface area contributed by atoms with Crippen molar-refractivity contribution in [3.63, 3.8) is 0 Å². The molecule has 1 saturated heterocycles. The van der Waals surface area contributed by atoms with Gasteiger partial charge in [-0.3, -0.25) is 14.4 Å². The Bertz CT molecular complexity index is 1030. The van der Waals surface area contributed by atoms with Crippen LogP contribution in [0, 0.1) is 11.8 Å². The molecule has 8 heteroatoms. The van der Waals surface area contributed by atoms with Crippen LogP contribution in [0.3, 0.4) is 0 Å². The van der Waals surface area contributed by atoms with Crippen LogP contribution >= 0.6 is 0 Å². The number of ether oxygens (including phenoxy) is 2. The molecule has 0 spiro atoms. The van der Waals surface area contributed by atoms with Gasteiger partial charge in [0, 0.05) is 24.3 Å². The number of nitrogens with one attached hydrogen (secondary N) is 1. The number of hydrogen-bond donors (Lipinski definition) is 1. The van der Waals surface area contributed by atoms with E-state index < -0.39 is 30.4 Å². The highest BCUT2D eigenvalue weighted by molar-refractivity contribution is 6.00. The zero-order valence-electron chi connectivity index (χ0n) is 19.7. The Balaban J connectivity index is 1.46. The summed E-state index contributed by atoms with van der Waals surface area (Å²) in [7, 11) is 0. The molecule has 1 atom stereocenters. The van der Waals surface area contributed by atoms with Gasteiger partial charge in [0.25, 0.3) is 5.91 Å². The van der Waals surface area contributed by atoms with Gasteiger partial charge in [-0.15, -0.1) is 0 Å². The molecule has 0 aliphatic carbocycles. The second-order valence-electron chi connectivity index (χ2n) is 8.65. The second kappa shape index (κ2) is 11.4. The maximum Gasteiger partial charge on any atom is 0.338 e. The van der Waals surface area contributed by atoms with Crippen LogP contribution in [0.4, 0.5) is 11.4 Å². The lowest BCUT2D eigenvalue weighted by atomic mass is 10.1. The summed E-state index contributed by atoms with van der Waals surface area (Å²) in [6.45, 7) is 6.04. The highest BCUT2D eigenvalue weighted by atomic mass is 16.5. The van der Waals surface area contributed by atoms with E-state index in [1.807, 2.05) is 38.1 Å². The van der Waals surface area contributed by atoms with Crippen LogP contribution in [-0.4, -0.2) is 43.5 Å². The van der Waals surface area contributed by atoms with E-state index in [9.17, 15) is 19.2 Å². The molecule has 180 valence electrons. The van der Waals surface area contributed by atoms with Gasteiger partial charge in [0.1, 0.15) is 0 Å². The van der Waals surface area contributed by atoms with E-state index in [0.29, 0.717) is 17.9 Å². The van der Waals surface area contributed by atoms with Crippen LogP contribution < -0.4 is 10.2 Å². The summed E-state index contributed by atoms with van der Waals surface area (Å²) < 4.78 is 10.3. The summed E-state index contributed by atoms with van der Waals surface area (Å²) in [6.07, 6.45) is 0.949. The predicted octanol–water partition coefficient (Wildman–Crippen LogP) is 3.60. The summed E-state index contributed by atoms with van der Waals surface area (Å²) in [5, 5.41) is 2.61. The van der Waals surface area contributed by atoms with E-state index in [2.05, 4.69) is 12.2 Å². The first-order valence-corrected chi connectivity index (χ1v) is 11.4. The average molecular weight is 467 g/mol. The zero-order valence-corrected chi connectivity index (χ0v) is 19.7. The first-order chi connectivity index (χ1) is 16.3. The van der Waals surface area contributed by atoms with Crippen molar-refractivity contribution in [2.24, 2.45) is 11.8 Å². The molecule has 0 bridgehead atoms. The predicted molar refractivity (Wildman–Crippen MR) is 127 cm³/mol. The molecule has 1 aliphatic rings. The van der Waals surface area contributed by atoms with E-state index >= 15 is 0 Å². The normalized spacial score (nSPS) is 15.4. The molecule has 2 aromatic carbocycles. The first-order valence-electron chi connectivity index (χ1n) is 11.4. The van der Waals surface area contributed by atoms with Crippen LogP contribution in [0.25, 0.3) is 0 Å². The van der Waals surface area contributed by atoms with Gasteiger partial charge in [-0.1, -0.05) is 32.9 Å². The highest BCUT2D eigenvalue weighted by Gasteiger charge is 2.36. The first kappa shape index (κ1) is 25.0. The molecule has 2 amide bonds. The number of amides is 2. The molecule has 0 aromatic heterocycles. The molecule has 1 aliphatic heterocycles. The third-order valence-corrected chi connectivity index (χ3v) is 5.41. The van der Waals surface area contributed by atoms with Gasteiger partial charge in [-0.25, -0.2) is 4.79 Å². The van der Waals surface area contributed by atoms with Crippen molar-refractivity contribution in [3.05, 3.63) is 59.7 Å². The summed E-state index contributed by atoms with van der Waals surface area (Å²) in [4.78, 5) is 50.5. The minimum atomic E-state index is -0.623. The Morgan fingerprint density at radius 1 is 1.03 bits per heavy atom. The lowest BCUT2D eigenvalue weighted by Crippen LogP contribution is -2.28. The van der Waals surface area contributed by atoms with Gasteiger partial charge in [0.2, 0.25) is 5.91 Å². The number of rotatable bonds is 9. The average Bonchev–Trinajstić information content (AvgIpc) is 3.23. The third-order valence-electron chi connectivity index (χ3n) is 5.41. The Morgan fingerprint density at radius 2 is 1.71 bits per heavy atom. The molecule has 0 saturated carbocycles. The van der Waals surface area contributed by atoms with E-state index in [1.165, 1.54) is 0 Å². The van der Waals surface area contributed by atoms with Gasteiger partial charge >= 0.3 is 11.9 Å². The van der Waals surface area contributed by atoms with Crippen LogP contribution in [0.1, 0.15) is 43.1 Å². The molecule has 1 N–H and O–H groups in total. The Kier molecular flexibility index (Phi) is 8.40. The van der Waals surface area contributed by atoms with E-state index in [4.69, 9.17) is 9.47 Å². The lowest BCUT2D eigenvalue weighted by molar-refractivity contribution is -0.151. The number of carbonyl (C=O) groups excluding carboxylic acids is 4. The minimum Gasteiger partial charge on any atom is -0.462 e. The Morgan fingerprint density at radius 3 is 2.32 bits per heavy atom. The maximum atomic E-state index is 12.4. The van der Waals surface area contributed by atoms with Gasteiger partial charge in [-0.2, -0.15) is 0 Å². The van der Waals surface area contributed by atoms with E-state index in [-0.39, 0.29) is 24.8 Å². The number of hydrogen-bond acceptors (Lipinski definition) is 6. The van der Waals surface area contributed by atoms with Crippen molar-refractivity contribution in [1.82, 2.24) is 0 Å². The summed E-state index contributed by atoms with van der Waals surface area (Å²) >= 11 is 0. The quantitative estimate of drug-likeness (QED) is 0.567. The summed E-state index contributed by atoms with van der Waals surface area (Å²) in [5.41, 5.74) is 2.74. The molecule has 8 nitrogen and oxygen atoms in total. The van der Waals surface area contributed by atoms with Crippen molar-refractivity contribution in [3.8, 4) is 0 Å². The molecule has 0 radical (unpaired) electrons. The monoisotopic (exact) mass is 466 g/mol. The fraction of sp³-hybridized carbons (Fsp3) is 0.385. The highest BCUT2D eigenvalue weighted by Crippen LogP contribution is 2.26. The Labute approximate surface area is 199 Å². The van der Waals surface area contributed by atoms with E-state index in [1.54, 1.807) is 29.2 Å². The molecule has 2 aromatic rings. The standard InChI is InChI=1S/C26H30N2O6/c1-4-18-5-11-22(12-6-18)28-14-20(13-24(28)30)26(32)34-16-23(29)27-21-9-7-19(8-10-21)25(31)33-15-17(2)3/h5-12,17,20H,4,13-16H2,1-3H3,(H,27,29)/t20-/m0/s1.